The van der Waals surface area contributed by atoms with Crippen LogP contribution in [0.3, 0.4) is 0 Å². The summed E-state index contributed by atoms with van der Waals surface area (Å²) in [6, 6.07) is 0. The third-order valence-corrected chi connectivity index (χ3v) is 4.41. The average molecular weight is 276 g/mol. The van der Waals surface area contributed by atoms with Crippen LogP contribution in [0.15, 0.2) is 0 Å². The van der Waals surface area contributed by atoms with Gasteiger partial charge >= 0.3 is 114 Å². The van der Waals surface area contributed by atoms with Gasteiger partial charge < -0.3 is 0 Å². The first-order valence-corrected chi connectivity index (χ1v) is 8.15. The van der Waals surface area contributed by atoms with Crippen molar-refractivity contribution < 1.29 is 28.8 Å². The van der Waals surface area contributed by atoms with Gasteiger partial charge in [0.05, 0.1) is 0 Å². The topological polar surface area (TPSA) is 102 Å². The Morgan fingerprint density at radius 3 is 0.875 bits per heavy atom. The van der Waals surface area contributed by atoms with Gasteiger partial charge in [-0.15, -0.1) is 0 Å². The van der Waals surface area contributed by atoms with Gasteiger partial charge in [0, 0.05) is 0 Å². The molecule has 0 radical (unpaired) electrons. The van der Waals surface area contributed by atoms with E-state index in [9.17, 15) is 28.8 Å². The van der Waals surface area contributed by atoms with Crippen LogP contribution in [0.4, 0.5) is 9.59 Å². The molecular weight excluding hydrogens is 276 g/mol. The second-order valence-electron chi connectivity index (χ2n) is 1.85. The molecule has 10 heteroatoms. The van der Waals surface area contributed by atoms with Crippen molar-refractivity contribution >= 4 is 85.1 Å². The van der Waals surface area contributed by atoms with Gasteiger partial charge in [-0.1, -0.05) is 0 Å². The van der Waals surface area contributed by atoms with Crippen LogP contribution in [0.2, 0.25) is 0 Å². The number of hydrogen-bond donors (Lipinski definition) is 0. The molecule has 0 unspecified atom stereocenters. The van der Waals surface area contributed by atoms with Crippen molar-refractivity contribution in [1.82, 2.24) is 0 Å². The molecule has 0 saturated heterocycles. The van der Waals surface area contributed by atoms with E-state index in [0.29, 0.717) is 0 Å². The van der Waals surface area contributed by atoms with Gasteiger partial charge in [-0.25, -0.2) is 0 Å². The van der Waals surface area contributed by atoms with E-state index < -0.39 is 59.1 Å². The Bertz CT molecular complexity index is 373. The van der Waals surface area contributed by atoms with Gasteiger partial charge in [0.2, 0.25) is 0 Å². The zero-order valence-corrected chi connectivity index (χ0v) is 12.4. The van der Waals surface area contributed by atoms with Gasteiger partial charge in [-0.05, 0) is 0 Å². The van der Waals surface area contributed by atoms with Gasteiger partial charge in [0.25, 0.3) is 0 Å². The molecule has 0 spiro atoms. The predicted molar refractivity (Wildman–Crippen MR) is 56.6 cm³/mol. The fourth-order valence-corrected chi connectivity index (χ4v) is 2.26. The first-order valence-electron chi connectivity index (χ1n) is 3.53. The Hall–Kier alpha value is -0.210. The quantitative estimate of drug-likeness (QED) is 0.517. The Kier molecular flexibility index (Phi) is 16.8. The first kappa shape index (κ1) is 18.2. The van der Waals surface area contributed by atoms with Gasteiger partial charge in [0.15, 0.2) is 0 Å². The summed E-state index contributed by atoms with van der Waals surface area (Å²) in [5.41, 5.74) is 0. The molecule has 0 aliphatic heterocycles. The summed E-state index contributed by atoms with van der Waals surface area (Å²) < 4.78 is 5.38. The molecule has 0 saturated carbocycles. The van der Waals surface area contributed by atoms with E-state index in [2.05, 4.69) is 0 Å². The van der Waals surface area contributed by atoms with Crippen LogP contribution < -0.4 is 0 Å². The maximum atomic E-state index is 10.2. The minimum absolute atomic E-state index is 0.269. The Labute approximate surface area is 113 Å². The maximum absolute atomic E-state index is 10.2. The standard InChI is InChI=1S/6CO.4Al/c6*1-2;;;;. The number of rotatable bonds is 4. The molecule has 72 valence electrons. The van der Waals surface area contributed by atoms with E-state index in [-0.39, 0.29) is 7.01 Å². The van der Waals surface area contributed by atoms with Gasteiger partial charge in [-0.3, -0.25) is 0 Å². The van der Waals surface area contributed by atoms with E-state index in [1.165, 1.54) is 19.0 Å². The molecule has 6 nitrogen and oxygen atoms in total. The molecule has 0 rings (SSSR count). The molecule has 0 N–H and O–H groups in total. The first-order chi connectivity index (χ1) is 7.62. The SMILES string of the molecule is O=[C]=[Al][C](=O)[Al]=[C]=O.O=[C]=[Al][C](=O)[Al]=[C]=O. The van der Waals surface area contributed by atoms with E-state index >= 15 is 0 Å². The molecular formula is C6Al4O6. The molecule has 0 aromatic carbocycles. The molecule has 0 bridgehead atoms. The van der Waals surface area contributed by atoms with Crippen LogP contribution in [0.25, 0.3) is 0 Å². The third kappa shape index (κ3) is 16.2. The van der Waals surface area contributed by atoms with Crippen molar-refractivity contribution in [1.29, 1.82) is 0 Å². The van der Waals surface area contributed by atoms with Crippen molar-refractivity contribution in [3.63, 3.8) is 0 Å². The summed E-state index contributed by atoms with van der Waals surface area (Å²) in [6.45, 7) is 0. The zero-order valence-electron chi connectivity index (χ0n) is 7.76. The van der Waals surface area contributed by atoms with E-state index in [1.54, 1.807) is 0 Å². The second kappa shape index (κ2) is 14.8. The van der Waals surface area contributed by atoms with Crippen molar-refractivity contribution in [2.75, 3.05) is 0 Å². The van der Waals surface area contributed by atoms with Crippen molar-refractivity contribution in [3.05, 3.63) is 0 Å². The molecule has 0 aromatic rings. The summed E-state index contributed by atoms with van der Waals surface area (Å²) in [4.78, 5) is 58.2. The van der Waals surface area contributed by atoms with Crippen LogP contribution in [-0.2, 0) is 19.2 Å². The third-order valence-electron chi connectivity index (χ3n) is 0.805. The number of hydrogen-bond acceptors (Lipinski definition) is 6. The van der Waals surface area contributed by atoms with Gasteiger partial charge in [-0.2, -0.15) is 0 Å². The van der Waals surface area contributed by atoms with Crippen LogP contribution in [0.5, 0.6) is 0 Å². The normalized spacial score (nSPS) is 5.00. The van der Waals surface area contributed by atoms with Crippen LogP contribution in [0, 0.1) is 0 Å². The molecule has 16 heavy (non-hydrogen) atoms. The molecule has 0 aliphatic carbocycles. The zero-order chi connectivity index (χ0) is 12.8. The van der Waals surface area contributed by atoms with E-state index in [1.807, 2.05) is 0 Å². The van der Waals surface area contributed by atoms with Crippen molar-refractivity contribution in [3.8, 4) is 0 Å². The summed E-state index contributed by atoms with van der Waals surface area (Å²) >= 11 is -3.62. The van der Waals surface area contributed by atoms with Crippen molar-refractivity contribution in [2.45, 2.75) is 0 Å². The van der Waals surface area contributed by atoms with Crippen molar-refractivity contribution in [2.24, 2.45) is 0 Å². The Morgan fingerprint density at radius 1 is 0.562 bits per heavy atom. The monoisotopic (exact) mass is 276 g/mol. The molecule has 0 atom stereocenters. The Morgan fingerprint density at radius 2 is 0.750 bits per heavy atom. The van der Waals surface area contributed by atoms with E-state index in [0.717, 1.165) is 0 Å². The molecule has 0 fully saturated rings. The summed E-state index contributed by atoms with van der Waals surface area (Å²) in [7, 11) is 0. The van der Waals surface area contributed by atoms with Gasteiger partial charge in [0.1, 0.15) is 0 Å². The summed E-state index contributed by atoms with van der Waals surface area (Å²) in [5.74, 6) is 0. The molecule has 0 heterocycles. The Balaban J connectivity index is 0. The van der Waals surface area contributed by atoms with Crippen LogP contribution in [0.1, 0.15) is 0 Å². The average Bonchev–Trinajstić information content (AvgIpc) is 2.20. The minimum atomic E-state index is -0.905. The fourth-order valence-electron chi connectivity index (χ4n) is 0.316. The van der Waals surface area contributed by atoms with Crippen LogP contribution in [-0.4, -0.2) is 85.1 Å². The molecule has 0 amide bonds. The summed E-state index contributed by atoms with van der Waals surface area (Å²) in [6.07, 6.45) is 0. The molecule has 0 aromatic heterocycles. The molecule has 0 aliphatic rings. The number of carbonyl (C=O) groups is 2. The van der Waals surface area contributed by atoms with E-state index in [4.69, 9.17) is 0 Å². The predicted octanol–water partition coefficient (Wildman–Crippen LogP) is -2.70. The fraction of sp³-hybridized carbons (Fsp3) is 0. The number of carbonyl (C=O) groups excluding carboxylic acids is 6. The van der Waals surface area contributed by atoms with Crippen LogP contribution >= 0.6 is 0 Å². The second-order valence-corrected chi connectivity index (χ2v) is 7.56. The summed E-state index contributed by atoms with van der Waals surface area (Å²) in [5, 5.41) is 0.